The summed E-state index contributed by atoms with van der Waals surface area (Å²) >= 11 is 1.78. The molecule has 3 heteroatoms. The summed E-state index contributed by atoms with van der Waals surface area (Å²) in [5.74, 6) is 0. The summed E-state index contributed by atoms with van der Waals surface area (Å²) in [6.07, 6.45) is 3.41. The molecule has 108 valence electrons. The molecule has 0 saturated carbocycles. The lowest BCUT2D eigenvalue weighted by Gasteiger charge is -2.20. The SMILES string of the molecule is CCCNC(CCc1ccsc1)c1ccc(C)nc1C. The number of nitrogens with one attached hydrogen (secondary N) is 1. The van der Waals surface area contributed by atoms with Crippen molar-refractivity contribution in [3.8, 4) is 0 Å². The maximum atomic E-state index is 4.61. The number of aryl methyl sites for hydroxylation is 3. The van der Waals surface area contributed by atoms with Crippen LogP contribution in [0, 0.1) is 13.8 Å². The van der Waals surface area contributed by atoms with Gasteiger partial charge >= 0.3 is 0 Å². The zero-order chi connectivity index (χ0) is 14.4. The molecule has 20 heavy (non-hydrogen) atoms. The van der Waals surface area contributed by atoms with Crippen molar-refractivity contribution in [2.45, 2.75) is 46.1 Å². The maximum absolute atomic E-state index is 4.61. The third-order valence-electron chi connectivity index (χ3n) is 3.58. The summed E-state index contributed by atoms with van der Waals surface area (Å²) in [4.78, 5) is 4.61. The van der Waals surface area contributed by atoms with Crippen molar-refractivity contribution in [3.05, 3.63) is 51.5 Å². The molecule has 0 amide bonds. The van der Waals surface area contributed by atoms with Crippen molar-refractivity contribution < 1.29 is 0 Å². The molecular formula is C17H24N2S. The van der Waals surface area contributed by atoms with E-state index < -0.39 is 0 Å². The van der Waals surface area contributed by atoms with Crippen LogP contribution in [0.15, 0.2) is 29.0 Å². The molecule has 0 bridgehead atoms. The zero-order valence-electron chi connectivity index (χ0n) is 12.6. The van der Waals surface area contributed by atoms with Crippen molar-refractivity contribution in [2.75, 3.05) is 6.54 Å². The Bertz CT molecular complexity index is 520. The van der Waals surface area contributed by atoms with Gasteiger partial charge in [-0.2, -0.15) is 11.3 Å². The van der Waals surface area contributed by atoms with Crippen LogP contribution in [0.2, 0.25) is 0 Å². The summed E-state index contributed by atoms with van der Waals surface area (Å²) in [6, 6.07) is 6.98. The molecule has 0 aliphatic carbocycles. The third kappa shape index (κ3) is 4.15. The van der Waals surface area contributed by atoms with Crippen molar-refractivity contribution >= 4 is 11.3 Å². The Balaban J connectivity index is 2.09. The van der Waals surface area contributed by atoms with Crippen LogP contribution in [0.5, 0.6) is 0 Å². The third-order valence-corrected chi connectivity index (χ3v) is 4.32. The molecule has 2 aromatic heterocycles. The molecule has 1 atom stereocenters. The Morgan fingerprint density at radius 1 is 1.25 bits per heavy atom. The highest BCUT2D eigenvalue weighted by Crippen LogP contribution is 2.22. The lowest BCUT2D eigenvalue weighted by molar-refractivity contribution is 0.496. The molecule has 2 rings (SSSR count). The highest BCUT2D eigenvalue weighted by molar-refractivity contribution is 7.07. The lowest BCUT2D eigenvalue weighted by Crippen LogP contribution is -2.23. The summed E-state index contributed by atoms with van der Waals surface area (Å²) in [5, 5.41) is 8.07. The van der Waals surface area contributed by atoms with Gasteiger partial charge in [0.2, 0.25) is 0 Å². The molecule has 0 fully saturated rings. The predicted octanol–water partition coefficient (Wildman–Crippen LogP) is 4.43. The largest absolute Gasteiger partial charge is 0.310 e. The fourth-order valence-corrected chi connectivity index (χ4v) is 3.20. The van der Waals surface area contributed by atoms with Crippen LogP contribution >= 0.6 is 11.3 Å². The highest BCUT2D eigenvalue weighted by Gasteiger charge is 2.14. The Labute approximate surface area is 126 Å². The minimum atomic E-state index is 0.406. The van der Waals surface area contributed by atoms with E-state index >= 15 is 0 Å². The first-order valence-electron chi connectivity index (χ1n) is 7.39. The molecule has 2 nitrogen and oxygen atoms in total. The first kappa shape index (κ1) is 15.2. The molecule has 2 aromatic rings. The summed E-state index contributed by atoms with van der Waals surface area (Å²) in [5.41, 5.74) is 5.04. The van der Waals surface area contributed by atoms with E-state index in [4.69, 9.17) is 0 Å². The molecule has 0 aliphatic rings. The quantitative estimate of drug-likeness (QED) is 0.815. The summed E-state index contributed by atoms with van der Waals surface area (Å²) < 4.78 is 0. The molecular weight excluding hydrogens is 264 g/mol. The van der Waals surface area contributed by atoms with Crippen LogP contribution in [0.4, 0.5) is 0 Å². The first-order chi connectivity index (χ1) is 9.70. The minimum Gasteiger partial charge on any atom is -0.310 e. The van der Waals surface area contributed by atoms with Gasteiger partial charge in [0, 0.05) is 17.4 Å². The Morgan fingerprint density at radius 2 is 2.10 bits per heavy atom. The average Bonchev–Trinajstić information content (AvgIpc) is 2.93. The fraction of sp³-hybridized carbons (Fsp3) is 0.471. The summed E-state index contributed by atoms with van der Waals surface area (Å²) in [6.45, 7) is 7.44. The smallest absolute Gasteiger partial charge is 0.0423 e. The van der Waals surface area contributed by atoms with Crippen LogP contribution in [0.3, 0.4) is 0 Å². The van der Waals surface area contributed by atoms with Gasteiger partial charge in [0.1, 0.15) is 0 Å². The van der Waals surface area contributed by atoms with Crippen molar-refractivity contribution in [2.24, 2.45) is 0 Å². The van der Waals surface area contributed by atoms with Gasteiger partial charge in [-0.3, -0.25) is 4.98 Å². The zero-order valence-corrected chi connectivity index (χ0v) is 13.5. The number of aromatic nitrogens is 1. The van der Waals surface area contributed by atoms with Gasteiger partial charge in [-0.15, -0.1) is 0 Å². The number of pyridine rings is 1. The van der Waals surface area contributed by atoms with Crippen LogP contribution in [-0.4, -0.2) is 11.5 Å². The normalized spacial score (nSPS) is 12.6. The summed E-state index contributed by atoms with van der Waals surface area (Å²) in [7, 11) is 0. The van der Waals surface area contributed by atoms with E-state index in [2.05, 4.69) is 60.0 Å². The van der Waals surface area contributed by atoms with E-state index in [1.54, 1.807) is 11.3 Å². The van der Waals surface area contributed by atoms with Crippen LogP contribution < -0.4 is 5.32 Å². The van der Waals surface area contributed by atoms with Gasteiger partial charge in [0.05, 0.1) is 0 Å². The maximum Gasteiger partial charge on any atom is 0.0423 e. The number of rotatable bonds is 7. The number of nitrogens with zero attached hydrogens (tertiary/aromatic N) is 1. The minimum absolute atomic E-state index is 0.406. The predicted molar refractivity (Wildman–Crippen MR) is 87.4 cm³/mol. The number of hydrogen-bond acceptors (Lipinski definition) is 3. The molecule has 0 saturated heterocycles. The second-order valence-corrected chi connectivity index (χ2v) is 6.08. The van der Waals surface area contributed by atoms with E-state index in [9.17, 15) is 0 Å². The van der Waals surface area contributed by atoms with E-state index in [-0.39, 0.29) is 0 Å². The standard InChI is InChI=1S/C17H24N2S/c1-4-10-18-17(8-6-15-9-11-20-12-15)16-7-5-13(2)19-14(16)3/h5,7,9,11-12,17-18H,4,6,8,10H2,1-3H3. The molecule has 0 aliphatic heterocycles. The number of hydrogen-bond donors (Lipinski definition) is 1. The van der Waals surface area contributed by atoms with Gasteiger partial charge in [-0.05, 0) is 73.7 Å². The lowest BCUT2D eigenvalue weighted by atomic mass is 9.98. The van der Waals surface area contributed by atoms with Gasteiger partial charge in [-0.25, -0.2) is 0 Å². The van der Waals surface area contributed by atoms with E-state index in [0.29, 0.717) is 6.04 Å². The molecule has 0 radical (unpaired) electrons. The highest BCUT2D eigenvalue weighted by atomic mass is 32.1. The monoisotopic (exact) mass is 288 g/mol. The molecule has 1 N–H and O–H groups in total. The topological polar surface area (TPSA) is 24.9 Å². The molecule has 0 spiro atoms. The van der Waals surface area contributed by atoms with E-state index in [1.165, 1.54) is 11.1 Å². The van der Waals surface area contributed by atoms with E-state index in [1.807, 2.05) is 0 Å². The molecule has 0 aromatic carbocycles. The Kier molecular flexibility index (Phi) is 5.74. The van der Waals surface area contributed by atoms with Crippen molar-refractivity contribution in [1.82, 2.24) is 10.3 Å². The fourth-order valence-electron chi connectivity index (χ4n) is 2.50. The molecule has 2 heterocycles. The first-order valence-corrected chi connectivity index (χ1v) is 8.33. The Morgan fingerprint density at radius 3 is 2.75 bits per heavy atom. The van der Waals surface area contributed by atoms with E-state index in [0.717, 1.165) is 37.2 Å². The van der Waals surface area contributed by atoms with Gasteiger partial charge in [0.25, 0.3) is 0 Å². The van der Waals surface area contributed by atoms with Crippen molar-refractivity contribution in [3.63, 3.8) is 0 Å². The van der Waals surface area contributed by atoms with Gasteiger partial charge < -0.3 is 5.32 Å². The molecule has 1 unspecified atom stereocenters. The van der Waals surface area contributed by atoms with Gasteiger partial charge in [-0.1, -0.05) is 13.0 Å². The average molecular weight is 288 g/mol. The Hall–Kier alpha value is -1.19. The number of thiophene rings is 1. The van der Waals surface area contributed by atoms with Crippen LogP contribution in [0.25, 0.3) is 0 Å². The van der Waals surface area contributed by atoms with Crippen LogP contribution in [-0.2, 0) is 6.42 Å². The van der Waals surface area contributed by atoms with Gasteiger partial charge in [0.15, 0.2) is 0 Å². The second-order valence-electron chi connectivity index (χ2n) is 5.30. The second kappa shape index (κ2) is 7.55. The van der Waals surface area contributed by atoms with Crippen molar-refractivity contribution in [1.29, 1.82) is 0 Å². The van der Waals surface area contributed by atoms with Crippen LogP contribution in [0.1, 0.15) is 48.3 Å².